The SMILES string of the molecule is CCC(CCCl)NCc1cccc2ccccc12. The lowest BCUT2D eigenvalue weighted by Gasteiger charge is -2.16. The zero-order chi connectivity index (χ0) is 12.8. The van der Waals surface area contributed by atoms with Crippen molar-refractivity contribution in [2.24, 2.45) is 0 Å². The second kappa shape index (κ2) is 6.77. The fourth-order valence-electron chi connectivity index (χ4n) is 2.28. The third kappa shape index (κ3) is 3.24. The van der Waals surface area contributed by atoms with Crippen LogP contribution in [0.2, 0.25) is 0 Å². The highest BCUT2D eigenvalue weighted by Gasteiger charge is 2.06. The average Bonchev–Trinajstić information content (AvgIpc) is 2.43. The van der Waals surface area contributed by atoms with Gasteiger partial charge in [-0.25, -0.2) is 0 Å². The van der Waals surface area contributed by atoms with Crippen LogP contribution in [0, 0.1) is 0 Å². The van der Waals surface area contributed by atoms with E-state index in [2.05, 4.69) is 54.7 Å². The summed E-state index contributed by atoms with van der Waals surface area (Å²) in [6, 6.07) is 15.5. The molecule has 2 rings (SSSR count). The molecule has 0 bridgehead atoms. The van der Waals surface area contributed by atoms with Gasteiger partial charge >= 0.3 is 0 Å². The summed E-state index contributed by atoms with van der Waals surface area (Å²) in [5.41, 5.74) is 1.36. The molecule has 18 heavy (non-hydrogen) atoms. The zero-order valence-corrected chi connectivity index (χ0v) is 11.6. The lowest BCUT2D eigenvalue weighted by molar-refractivity contribution is 0.487. The molecule has 96 valence electrons. The van der Waals surface area contributed by atoms with Gasteiger partial charge in [0.1, 0.15) is 0 Å². The van der Waals surface area contributed by atoms with Gasteiger partial charge in [0.15, 0.2) is 0 Å². The third-order valence-electron chi connectivity index (χ3n) is 3.41. The summed E-state index contributed by atoms with van der Waals surface area (Å²) in [5.74, 6) is 0.723. The molecule has 0 amide bonds. The second-order valence-corrected chi connectivity index (χ2v) is 4.98. The van der Waals surface area contributed by atoms with E-state index in [1.54, 1.807) is 0 Å². The van der Waals surface area contributed by atoms with Crippen LogP contribution in [-0.4, -0.2) is 11.9 Å². The molecule has 0 aliphatic rings. The fraction of sp³-hybridized carbons (Fsp3) is 0.375. The molecule has 0 fully saturated rings. The first-order valence-corrected chi connectivity index (χ1v) is 7.14. The van der Waals surface area contributed by atoms with Gasteiger partial charge in [0.05, 0.1) is 0 Å². The van der Waals surface area contributed by atoms with Crippen molar-refractivity contribution in [2.75, 3.05) is 5.88 Å². The summed E-state index contributed by atoms with van der Waals surface area (Å²) in [7, 11) is 0. The molecule has 1 N–H and O–H groups in total. The lowest BCUT2D eigenvalue weighted by Crippen LogP contribution is -2.28. The fourth-order valence-corrected chi connectivity index (χ4v) is 2.55. The van der Waals surface area contributed by atoms with E-state index >= 15 is 0 Å². The number of halogens is 1. The van der Waals surface area contributed by atoms with E-state index in [0.29, 0.717) is 6.04 Å². The molecule has 1 nitrogen and oxygen atoms in total. The monoisotopic (exact) mass is 261 g/mol. The van der Waals surface area contributed by atoms with Crippen LogP contribution in [0.15, 0.2) is 42.5 Å². The third-order valence-corrected chi connectivity index (χ3v) is 3.63. The lowest BCUT2D eigenvalue weighted by atomic mass is 10.0. The number of benzene rings is 2. The molecule has 0 radical (unpaired) electrons. The normalized spacial score (nSPS) is 12.8. The van der Waals surface area contributed by atoms with E-state index in [4.69, 9.17) is 11.6 Å². The standard InChI is InChI=1S/C16H20ClN/c1-2-15(10-11-17)18-12-14-8-5-7-13-6-3-4-9-16(13)14/h3-9,15,18H,2,10-12H2,1H3. The Morgan fingerprint density at radius 3 is 2.67 bits per heavy atom. The Kier molecular flexibility index (Phi) is 5.03. The molecule has 0 aromatic heterocycles. The van der Waals surface area contributed by atoms with E-state index in [1.165, 1.54) is 16.3 Å². The quantitative estimate of drug-likeness (QED) is 0.763. The Hall–Kier alpha value is -1.05. The number of hydrogen-bond donors (Lipinski definition) is 1. The van der Waals surface area contributed by atoms with Crippen molar-refractivity contribution in [3.63, 3.8) is 0 Å². The van der Waals surface area contributed by atoms with Crippen molar-refractivity contribution in [2.45, 2.75) is 32.4 Å². The summed E-state index contributed by atoms with van der Waals surface area (Å²) >= 11 is 5.81. The first kappa shape index (κ1) is 13.4. The highest BCUT2D eigenvalue weighted by atomic mass is 35.5. The molecule has 1 unspecified atom stereocenters. The minimum atomic E-state index is 0.515. The van der Waals surface area contributed by atoms with Crippen LogP contribution < -0.4 is 5.32 Å². The molecule has 0 spiro atoms. The largest absolute Gasteiger partial charge is 0.310 e. The average molecular weight is 262 g/mol. The smallest absolute Gasteiger partial charge is 0.0238 e. The maximum atomic E-state index is 5.81. The first-order chi connectivity index (χ1) is 8.85. The predicted molar refractivity (Wildman–Crippen MR) is 80.2 cm³/mol. The number of rotatable bonds is 6. The molecule has 1 atom stereocenters. The second-order valence-electron chi connectivity index (χ2n) is 4.60. The van der Waals surface area contributed by atoms with Crippen LogP contribution in [-0.2, 0) is 6.54 Å². The van der Waals surface area contributed by atoms with Crippen LogP contribution in [0.1, 0.15) is 25.3 Å². The van der Waals surface area contributed by atoms with Crippen molar-refractivity contribution in [3.8, 4) is 0 Å². The highest BCUT2D eigenvalue weighted by molar-refractivity contribution is 6.17. The highest BCUT2D eigenvalue weighted by Crippen LogP contribution is 2.18. The van der Waals surface area contributed by atoms with Gasteiger partial charge in [0.2, 0.25) is 0 Å². The zero-order valence-electron chi connectivity index (χ0n) is 10.8. The van der Waals surface area contributed by atoms with Crippen LogP contribution in [0.25, 0.3) is 10.8 Å². The number of fused-ring (bicyclic) bond motifs is 1. The molecule has 0 heterocycles. The molecule has 0 aliphatic heterocycles. The van der Waals surface area contributed by atoms with Crippen molar-refractivity contribution >= 4 is 22.4 Å². The molecule has 0 aliphatic carbocycles. The van der Waals surface area contributed by atoms with Gasteiger partial charge in [-0.1, -0.05) is 49.4 Å². The van der Waals surface area contributed by atoms with E-state index in [-0.39, 0.29) is 0 Å². The van der Waals surface area contributed by atoms with Crippen LogP contribution in [0.4, 0.5) is 0 Å². The maximum absolute atomic E-state index is 5.81. The van der Waals surface area contributed by atoms with E-state index < -0.39 is 0 Å². The van der Waals surface area contributed by atoms with Crippen molar-refractivity contribution in [1.29, 1.82) is 0 Å². The molecule has 2 heteroatoms. The topological polar surface area (TPSA) is 12.0 Å². The minimum Gasteiger partial charge on any atom is -0.310 e. The molecular weight excluding hydrogens is 242 g/mol. The summed E-state index contributed by atoms with van der Waals surface area (Å²) < 4.78 is 0. The number of hydrogen-bond acceptors (Lipinski definition) is 1. The first-order valence-electron chi connectivity index (χ1n) is 6.61. The van der Waals surface area contributed by atoms with Crippen molar-refractivity contribution < 1.29 is 0 Å². The maximum Gasteiger partial charge on any atom is 0.0238 e. The van der Waals surface area contributed by atoms with Gasteiger partial charge in [0.25, 0.3) is 0 Å². The molecule has 2 aromatic rings. The number of nitrogens with one attached hydrogen (secondary N) is 1. The van der Waals surface area contributed by atoms with Gasteiger partial charge in [-0.15, -0.1) is 11.6 Å². The molecular formula is C16H20ClN. The van der Waals surface area contributed by atoms with Gasteiger partial charge in [0, 0.05) is 18.5 Å². The predicted octanol–water partition coefficient (Wildman–Crippen LogP) is 4.34. The minimum absolute atomic E-state index is 0.515. The van der Waals surface area contributed by atoms with Crippen LogP contribution in [0.3, 0.4) is 0 Å². The summed E-state index contributed by atoms with van der Waals surface area (Å²) in [6.45, 7) is 3.12. The van der Waals surface area contributed by atoms with E-state index in [1.807, 2.05) is 0 Å². The van der Waals surface area contributed by atoms with Gasteiger partial charge < -0.3 is 5.32 Å². The van der Waals surface area contributed by atoms with Gasteiger partial charge in [-0.05, 0) is 29.2 Å². The van der Waals surface area contributed by atoms with E-state index in [0.717, 1.165) is 25.3 Å². The summed E-state index contributed by atoms with van der Waals surface area (Å²) in [5, 5.41) is 6.24. The summed E-state index contributed by atoms with van der Waals surface area (Å²) in [6.07, 6.45) is 2.15. The Bertz CT molecular complexity index is 490. The van der Waals surface area contributed by atoms with Crippen molar-refractivity contribution in [1.82, 2.24) is 5.32 Å². The molecule has 0 saturated carbocycles. The van der Waals surface area contributed by atoms with E-state index in [9.17, 15) is 0 Å². The van der Waals surface area contributed by atoms with Crippen LogP contribution >= 0.6 is 11.6 Å². The van der Waals surface area contributed by atoms with Crippen LogP contribution in [0.5, 0.6) is 0 Å². The Morgan fingerprint density at radius 1 is 1.11 bits per heavy atom. The number of alkyl halides is 1. The Labute approximate surface area is 114 Å². The molecule has 0 saturated heterocycles. The Morgan fingerprint density at radius 2 is 1.89 bits per heavy atom. The van der Waals surface area contributed by atoms with Crippen molar-refractivity contribution in [3.05, 3.63) is 48.0 Å². The van der Waals surface area contributed by atoms with Gasteiger partial charge in [-0.3, -0.25) is 0 Å². The Balaban J connectivity index is 2.11. The summed E-state index contributed by atoms with van der Waals surface area (Å²) in [4.78, 5) is 0. The molecule has 2 aromatic carbocycles. The van der Waals surface area contributed by atoms with Gasteiger partial charge in [-0.2, -0.15) is 0 Å².